The Labute approximate surface area is 231 Å². The number of aliphatic imine (C=N–C) groups is 1. The number of allylic oxidation sites excluding steroid dienone is 1. The number of non-ortho nitro benzene ring substituents is 1. The second kappa shape index (κ2) is 10.5. The van der Waals surface area contributed by atoms with Gasteiger partial charge in [-0.05, 0) is 89.6 Å². The Balaban J connectivity index is 1.47. The first-order valence-electron chi connectivity index (χ1n) is 12.8. The molecule has 1 aliphatic carbocycles. The number of thioether (sulfide) groups is 1. The van der Waals surface area contributed by atoms with Crippen LogP contribution in [0, 0.1) is 10.1 Å². The lowest BCUT2D eigenvalue weighted by atomic mass is 9.82. The van der Waals surface area contributed by atoms with Crippen molar-refractivity contribution in [2.45, 2.75) is 25.3 Å². The van der Waals surface area contributed by atoms with E-state index in [1.54, 1.807) is 38.1 Å². The number of nitro groups is 1. The number of hydrogen-bond donors (Lipinski definition) is 0. The van der Waals surface area contributed by atoms with Crippen LogP contribution >= 0.6 is 11.8 Å². The van der Waals surface area contributed by atoms with E-state index >= 15 is 0 Å². The molecule has 1 atom stereocenters. The summed E-state index contributed by atoms with van der Waals surface area (Å²) in [5.41, 5.74) is 7.71. The molecule has 0 radical (unpaired) electrons. The minimum absolute atomic E-state index is 0.0754. The average Bonchev–Trinajstić information content (AvgIpc) is 3.40. The highest BCUT2D eigenvalue weighted by Gasteiger charge is 2.40. The van der Waals surface area contributed by atoms with Crippen molar-refractivity contribution in [1.29, 1.82) is 0 Å². The molecule has 3 aliphatic rings. The standard InChI is InChI=1S/C31H27N3O4S/c1-37-25-9-3-6-20(17-25)16-22-7-5-11-27-29(22)32-31-33(30(27)23-8-4-10-26(18-23)38-2)28(19-39-31)21-12-14-24(15-13-21)34(35)36/h3-4,6,8-10,12-19,30H,5,7,11H2,1-2H3/b22-16+. The molecule has 0 saturated heterocycles. The highest BCUT2D eigenvalue weighted by molar-refractivity contribution is 8.16. The van der Waals surface area contributed by atoms with Gasteiger partial charge in [-0.2, -0.15) is 0 Å². The second-order valence-corrected chi connectivity index (χ2v) is 10.4. The lowest BCUT2D eigenvalue weighted by Crippen LogP contribution is -2.34. The molecule has 7 nitrogen and oxygen atoms in total. The van der Waals surface area contributed by atoms with Crippen LogP contribution in [0.3, 0.4) is 0 Å². The third kappa shape index (κ3) is 4.72. The van der Waals surface area contributed by atoms with Crippen LogP contribution in [0.5, 0.6) is 11.5 Å². The summed E-state index contributed by atoms with van der Waals surface area (Å²) >= 11 is 1.59. The van der Waals surface area contributed by atoms with E-state index in [2.05, 4.69) is 34.6 Å². The summed E-state index contributed by atoms with van der Waals surface area (Å²) in [6.45, 7) is 0. The van der Waals surface area contributed by atoms with Crippen LogP contribution in [-0.4, -0.2) is 29.2 Å². The molecule has 39 heavy (non-hydrogen) atoms. The van der Waals surface area contributed by atoms with Crippen LogP contribution in [0.15, 0.2) is 100 Å². The van der Waals surface area contributed by atoms with Gasteiger partial charge in [0.25, 0.3) is 5.69 Å². The molecule has 8 heteroatoms. The summed E-state index contributed by atoms with van der Waals surface area (Å²) in [5, 5.41) is 14.2. The van der Waals surface area contributed by atoms with Crippen LogP contribution in [-0.2, 0) is 0 Å². The summed E-state index contributed by atoms with van der Waals surface area (Å²) in [6, 6.07) is 23.0. The predicted molar refractivity (Wildman–Crippen MR) is 156 cm³/mol. The van der Waals surface area contributed by atoms with Crippen LogP contribution in [0.1, 0.15) is 42.0 Å². The van der Waals surface area contributed by atoms with Crippen molar-refractivity contribution < 1.29 is 14.4 Å². The normalized spacial score (nSPS) is 19.3. The van der Waals surface area contributed by atoms with Gasteiger partial charge in [-0.15, -0.1) is 0 Å². The molecular weight excluding hydrogens is 510 g/mol. The molecule has 0 spiro atoms. The summed E-state index contributed by atoms with van der Waals surface area (Å²) in [4.78, 5) is 18.4. The third-order valence-corrected chi connectivity index (χ3v) is 8.10. The van der Waals surface area contributed by atoms with Crippen molar-refractivity contribution >= 4 is 34.4 Å². The van der Waals surface area contributed by atoms with Crippen LogP contribution in [0.25, 0.3) is 11.8 Å². The maximum Gasteiger partial charge on any atom is 0.269 e. The molecule has 0 N–H and O–H groups in total. The first kappa shape index (κ1) is 25.0. The topological polar surface area (TPSA) is 77.2 Å². The minimum atomic E-state index is -0.371. The SMILES string of the molecule is COc1cccc(/C=C2\CCCC3=C2N=C2SC=C(c4ccc([N+](=O)[O-])cc4)N2C3c2cccc(OC)c2)c1. The van der Waals surface area contributed by atoms with Gasteiger partial charge in [-0.1, -0.05) is 36.0 Å². The fraction of sp³-hybridized carbons (Fsp3) is 0.194. The average molecular weight is 538 g/mol. The Morgan fingerprint density at radius 2 is 1.74 bits per heavy atom. The van der Waals surface area contributed by atoms with Crippen molar-refractivity contribution in [2.24, 2.45) is 4.99 Å². The van der Waals surface area contributed by atoms with Crippen LogP contribution < -0.4 is 9.47 Å². The molecule has 6 rings (SSSR count). The number of hydrogen-bond acceptors (Lipinski definition) is 7. The van der Waals surface area contributed by atoms with Gasteiger partial charge in [0, 0.05) is 17.5 Å². The lowest BCUT2D eigenvalue weighted by Gasteiger charge is -2.40. The summed E-state index contributed by atoms with van der Waals surface area (Å²) in [5.74, 6) is 1.63. The number of amidine groups is 1. The number of rotatable bonds is 6. The van der Waals surface area contributed by atoms with E-state index in [0.29, 0.717) is 0 Å². The van der Waals surface area contributed by atoms with Crippen molar-refractivity contribution in [3.63, 3.8) is 0 Å². The van der Waals surface area contributed by atoms with Gasteiger partial charge in [0.15, 0.2) is 5.17 Å². The van der Waals surface area contributed by atoms with E-state index < -0.39 is 0 Å². The molecule has 2 heterocycles. The van der Waals surface area contributed by atoms with Crippen molar-refractivity contribution in [3.8, 4) is 11.5 Å². The van der Waals surface area contributed by atoms with E-state index in [0.717, 1.165) is 64.0 Å². The monoisotopic (exact) mass is 537 g/mol. The Morgan fingerprint density at radius 1 is 1.00 bits per heavy atom. The van der Waals surface area contributed by atoms with Gasteiger partial charge < -0.3 is 14.4 Å². The molecule has 0 saturated carbocycles. The molecule has 3 aromatic rings. The third-order valence-electron chi connectivity index (χ3n) is 7.26. The van der Waals surface area contributed by atoms with E-state index in [9.17, 15) is 10.1 Å². The zero-order valence-electron chi connectivity index (χ0n) is 21.7. The molecule has 0 bridgehead atoms. The van der Waals surface area contributed by atoms with E-state index in [1.165, 1.54) is 11.1 Å². The highest BCUT2D eigenvalue weighted by Crippen LogP contribution is 2.51. The number of nitro benzene ring substituents is 1. The predicted octanol–water partition coefficient (Wildman–Crippen LogP) is 7.59. The molecule has 1 unspecified atom stereocenters. The first-order chi connectivity index (χ1) is 19.1. The van der Waals surface area contributed by atoms with Gasteiger partial charge in [0.1, 0.15) is 11.5 Å². The molecule has 0 fully saturated rings. The number of fused-ring (bicyclic) bond motifs is 1. The van der Waals surface area contributed by atoms with E-state index in [1.807, 2.05) is 42.5 Å². The molecule has 0 amide bonds. The van der Waals surface area contributed by atoms with Crippen molar-refractivity contribution in [2.75, 3.05) is 14.2 Å². The Morgan fingerprint density at radius 3 is 2.49 bits per heavy atom. The molecule has 3 aromatic carbocycles. The van der Waals surface area contributed by atoms with Crippen molar-refractivity contribution in [3.05, 3.63) is 122 Å². The van der Waals surface area contributed by atoms with E-state index in [-0.39, 0.29) is 16.7 Å². The second-order valence-electron chi connectivity index (χ2n) is 9.54. The minimum Gasteiger partial charge on any atom is -0.497 e. The van der Waals surface area contributed by atoms with Crippen molar-refractivity contribution in [1.82, 2.24) is 4.90 Å². The maximum absolute atomic E-state index is 11.2. The molecule has 2 aliphatic heterocycles. The smallest absolute Gasteiger partial charge is 0.269 e. The van der Waals surface area contributed by atoms with Gasteiger partial charge in [0.2, 0.25) is 0 Å². The van der Waals surface area contributed by atoms with Gasteiger partial charge >= 0.3 is 0 Å². The molecular formula is C31H27N3O4S. The Kier molecular flexibility index (Phi) is 6.70. The molecule has 0 aromatic heterocycles. The summed E-state index contributed by atoms with van der Waals surface area (Å²) in [7, 11) is 3.36. The first-order valence-corrected chi connectivity index (χ1v) is 13.7. The number of ether oxygens (including phenoxy) is 2. The fourth-order valence-electron chi connectivity index (χ4n) is 5.42. The molecule has 196 valence electrons. The Hall–Kier alpha value is -4.30. The zero-order chi connectivity index (χ0) is 26.9. The van der Waals surface area contributed by atoms with Gasteiger partial charge in [-0.3, -0.25) is 10.1 Å². The number of nitrogens with zero attached hydrogens (tertiary/aromatic N) is 3. The van der Waals surface area contributed by atoms with Crippen LogP contribution in [0.2, 0.25) is 0 Å². The van der Waals surface area contributed by atoms with Gasteiger partial charge in [0.05, 0.1) is 36.6 Å². The Bertz CT molecular complexity index is 1570. The van der Waals surface area contributed by atoms with Gasteiger partial charge in [-0.25, -0.2) is 4.99 Å². The van der Waals surface area contributed by atoms with Crippen LogP contribution in [0.4, 0.5) is 5.69 Å². The summed E-state index contributed by atoms with van der Waals surface area (Å²) < 4.78 is 11.0. The quantitative estimate of drug-likeness (QED) is 0.238. The number of methoxy groups -OCH3 is 2. The highest BCUT2D eigenvalue weighted by atomic mass is 32.2. The lowest BCUT2D eigenvalue weighted by molar-refractivity contribution is -0.384. The number of benzene rings is 3. The zero-order valence-corrected chi connectivity index (χ0v) is 22.5. The fourth-order valence-corrected chi connectivity index (χ4v) is 6.35. The maximum atomic E-state index is 11.2. The van der Waals surface area contributed by atoms with E-state index in [4.69, 9.17) is 14.5 Å². The summed E-state index contributed by atoms with van der Waals surface area (Å²) in [6.07, 6.45) is 5.13. The largest absolute Gasteiger partial charge is 0.497 e.